The Morgan fingerprint density at radius 3 is 2.73 bits per heavy atom. The highest BCUT2D eigenvalue weighted by Crippen LogP contribution is 2.31. The highest BCUT2D eigenvalue weighted by atomic mass is 35.5. The summed E-state index contributed by atoms with van der Waals surface area (Å²) in [6.45, 7) is 0. The first kappa shape index (κ1) is 11.8. The lowest BCUT2D eigenvalue weighted by Crippen LogP contribution is -2.25. The predicted octanol–water partition coefficient (Wildman–Crippen LogP) is 1.69. The Labute approximate surface area is 92.8 Å². The smallest absolute Gasteiger partial charge is 0.325 e. The fourth-order valence-corrected chi connectivity index (χ4v) is 1.64. The van der Waals surface area contributed by atoms with Gasteiger partial charge in [-0.2, -0.15) is 0 Å². The van der Waals surface area contributed by atoms with Gasteiger partial charge in [0, 0.05) is 10.6 Å². The van der Waals surface area contributed by atoms with Crippen LogP contribution in [-0.4, -0.2) is 25.2 Å². The number of benzene rings is 1. The van der Waals surface area contributed by atoms with E-state index < -0.39 is 12.0 Å². The zero-order chi connectivity index (χ0) is 11.4. The van der Waals surface area contributed by atoms with Crippen LogP contribution in [0.15, 0.2) is 18.2 Å². The van der Waals surface area contributed by atoms with E-state index in [1.807, 2.05) is 0 Å². The van der Waals surface area contributed by atoms with Gasteiger partial charge in [0.05, 0.1) is 7.11 Å². The quantitative estimate of drug-likeness (QED) is 0.825. The molecule has 1 aromatic carbocycles. The van der Waals surface area contributed by atoms with Crippen LogP contribution in [0.3, 0.4) is 0 Å². The Bertz CT molecular complexity index is 368. The Morgan fingerprint density at radius 1 is 1.60 bits per heavy atom. The third-order valence-corrected chi connectivity index (χ3v) is 2.39. The van der Waals surface area contributed by atoms with Crippen molar-refractivity contribution in [3.63, 3.8) is 0 Å². The van der Waals surface area contributed by atoms with Gasteiger partial charge in [-0.1, -0.05) is 17.7 Å². The monoisotopic (exact) mass is 229 g/mol. The number of halogens is 1. The van der Waals surface area contributed by atoms with E-state index in [9.17, 15) is 4.79 Å². The van der Waals surface area contributed by atoms with E-state index in [0.717, 1.165) is 0 Å². The van der Waals surface area contributed by atoms with E-state index in [-0.39, 0.29) is 0 Å². The van der Waals surface area contributed by atoms with Crippen molar-refractivity contribution in [1.29, 1.82) is 0 Å². The number of carboxylic acid groups (broad SMARTS) is 1. The van der Waals surface area contributed by atoms with Crippen LogP contribution in [-0.2, 0) is 4.79 Å². The Morgan fingerprint density at radius 2 is 2.27 bits per heavy atom. The highest BCUT2D eigenvalue weighted by molar-refractivity contribution is 6.31. The Hall–Kier alpha value is -1.26. The number of hydrogen-bond donors (Lipinski definition) is 2. The molecule has 0 aliphatic rings. The second kappa shape index (κ2) is 5.00. The molecule has 1 unspecified atom stereocenters. The number of aliphatic carboxylic acids is 1. The van der Waals surface area contributed by atoms with Gasteiger partial charge < -0.3 is 15.2 Å². The molecule has 0 aromatic heterocycles. The van der Waals surface area contributed by atoms with Gasteiger partial charge in [-0.15, -0.1) is 0 Å². The second-order valence-electron chi connectivity index (χ2n) is 2.92. The van der Waals surface area contributed by atoms with Crippen LogP contribution < -0.4 is 10.1 Å². The van der Waals surface area contributed by atoms with E-state index in [2.05, 4.69) is 5.32 Å². The first-order valence-corrected chi connectivity index (χ1v) is 4.72. The van der Waals surface area contributed by atoms with Crippen LogP contribution in [0.4, 0.5) is 0 Å². The number of carboxylic acids is 1. The maximum Gasteiger partial charge on any atom is 0.325 e. The molecule has 0 amide bonds. The normalized spacial score (nSPS) is 12.2. The van der Waals surface area contributed by atoms with E-state index in [4.69, 9.17) is 21.4 Å². The minimum absolute atomic E-state index is 0.371. The maximum absolute atomic E-state index is 11.0. The molecule has 4 nitrogen and oxygen atoms in total. The summed E-state index contributed by atoms with van der Waals surface area (Å²) in [6, 6.07) is 4.15. The number of likely N-dealkylation sites (N-methyl/N-ethyl adjacent to an activating group) is 1. The van der Waals surface area contributed by atoms with Crippen LogP contribution in [0.25, 0.3) is 0 Å². The van der Waals surface area contributed by atoms with E-state index in [0.29, 0.717) is 16.3 Å². The molecular weight excluding hydrogens is 218 g/mol. The molecule has 1 rings (SSSR count). The average molecular weight is 230 g/mol. The van der Waals surface area contributed by atoms with Crippen molar-refractivity contribution in [1.82, 2.24) is 5.32 Å². The fraction of sp³-hybridized carbons (Fsp3) is 0.300. The second-order valence-corrected chi connectivity index (χ2v) is 3.32. The molecule has 0 spiro atoms. The summed E-state index contributed by atoms with van der Waals surface area (Å²) in [5.41, 5.74) is 0.441. The van der Waals surface area contributed by atoms with Crippen molar-refractivity contribution in [2.45, 2.75) is 6.04 Å². The molecule has 0 aliphatic carbocycles. The van der Waals surface area contributed by atoms with Crippen molar-refractivity contribution >= 4 is 17.6 Å². The zero-order valence-electron chi connectivity index (χ0n) is 8.45. The number of nitrogens with one attached hydrogen (secondary N) is 1. The van der Waals surface area contributed by atoms with Crippen molar-refractivity contribution in [3.8, 4) is 5.75 Å². The van der Waals surface area contributed by atoms with Crippen molar-refractivity contribution in [2.75, 3.05) is 14.2 Å². The third kappa shape index (κ3) is 2.40. The van der Waals surface area contributed by atoms with E-state index in [1.54, 1.807) is 25.2 Å². The molecule has 0 saturated carbocycles. The summed E-state index contributed by atoms with van der Waals surface area (Å²) in [5.74, 6) is -0.534. The lowest BCUT2D eigenvalue weighted by atomic mass is 10.1. The molecule has 82 valence electrons. The van der Waals surface area contributed by atoms with Gasteiger partial charge in [-0.25, -0.2) is 0 Å². The fourth-order valence-electron chi connectivity index (χ4n) is 1.37. The van der Waals surface area contributed by atoms with Crippen molar-refractivity contribution < 1.29 is 14.6 Å². The standard InChI is InChI=1S/C10H12ClNO3/c1-12-9(10(13)14)8-6(11)4-3-5-7(8)15-2/h3-5,9,12H,1-2H3,(H,13,14). The molecule has 1 aromatic rings. The summed E-state index contributed by atoms with van der Waals surface area (Å²) < 4.78 is 5.07. The molecule has 0 fully saturated rings. The topological polar surface area (TPSA) is 58.6 Å². The van der Waals surface area contributed by atoms with Crippen LogP contribution in [0.2, 0.25) is 5.02 Å². The summed E-state index contributed by atoms with van der Waals surface area (Å²) in [6.07, 6.45) is 0. The Kier molecular flexibility index (Phi) is 3.94. The van der Waals surface area contributed by atoms with Gasteiger partial charge in [-0.05, 0) is 19.2 Å². The van der Waals surface area contributed by atoms with Gasteiger partial charge in [0.15, 0.2) is 0 Å². The average Bonchev–Trinajstić information content (AvgIpc) is 2.21. The molecule has 1 atom stereocenters. The minimum Gasteiger partial charge on any atom is -0.496 e. The minimum atomic E-state index is -0.996. The first-order chi connectivity index (χ1) is 7.11. The number of carbonyl (C=O) groups is 1. The largest absolute Gasteiger partial charge is 0.496 e. The summed E-state index contributed by atoms with van der Waals surface area (Å²) >= 11 is 5.94. The number of rotatable bonds is 4. The number of methoxy groups -OCH3 is 1. The van der Waals surface area contributed by atoms with Gasteiger partial charge in [-0.3, -0.25) is 4.79 Å². The lowest BCUT2D eigenvalue weighted by Gasteiger charge is -2.16. The van der Waals surface area contributed by atoms with Crippen molar-refractivity contribution in [2.24, 2.45) is 0 Å². The van der Waals surface area contributed by atoms with E-state index in [1.165, 1.54) is 7.11 Å². The third-order valence-electron chi connectivity index (χ3n) is 2.06. The predicted molar refractivity (Wildman–Crippen MR) is 57.4 cm³/mol. The number of hydrogen-bond acceptors (Lipinski definition) is 3. The zero-order valence-corrected chi connectivity index (χ0v) is 9.21. The van der Waals surface area contributed by atoms with Crippen LogP contribution in [0.5, 0.6) is 5.75 Å². The van der Waals surface area contributed by atoms with Gasteiger partial charge in [0.1, 0.15) is 11.8 Å². The molecule has 0 bridgehead atoms. The van der Waals surface area contributed by atoms with Gasteiger partial charge in [0.25, 0.3) is 0 Å². The first-order valence-electron chi connectivity index (χ1n) is 4.34. The molecule has 0 radical (unpaired) electrons. The summed E-state index contributed by atoms with van der Waals surface area (Å²) in [4.78, 5) is 11.0. The SMILES string of the molecule is CNC(C(=O)O)c1c(Cl)cccc1OC. The van der Waals surface area contributed by atoms with Gasteiger partial charge >= 0.3 is 5.97 Å². The molecule has 2 N–H and O–H groups in total. The summed E-state index contributed by atoms with van der Waals surface area (Å²) in [5, 5.41) is 12.0. The highest BCUT2D eigenvalue weighted by Gasteiger charge is 2.23. The molecule has 0 heterocycles. The maximum atomic E-state index is 11.0. The Balaban J connectivity index is 3.26. The van der Waals surface area contributed by atoms with Crippen molar-refractivity contribution in [3.05, 3.63) is 28.8 Å². The van der Waals surface area contributed by atoms with E-state index >= 15 is 0 Å². The van der Waals surface area contributed by atoms with Gasteiger partial charge in [0.2, 0.25) is 0 Å². The molecule has 15 heavy (non-hydrogen) atoms. The lowest BCUT2D eigenvalue weighted by molar-refractivity contribution is -0.139. The molecule has 5 heteroatoms. The van der Waals surface area contributed by atoms with Crippen LogP contribution >= 0.6 is 11.6 Å². The summed E-state index contributed by atoms with van der Waals surface area (Å²) in [7, 11) is 3.03. The molecular formula is C10H12ClNO3. The number of ether oxygens (including phenoxy) is 1. The molecule has 0 aliphatic heterocycles. The molecule has 0 saturated heterocycles. The van der Waals surface area contributed by atoms with Crippen LogP contribution in [0, 0.1) is 0 Å². The van der Waals surface area contributed by atoms with Crippen LogP contribution in [0.1, 0.15) is 11.6 Å².